The van der Waals surface area contributed by atoms with E-state index in [0.717, 1.165) is 11.1 Å². The molecule has 0 spiro atoms. The molecule has 0 fully saturated rings. The summed E-state index contributed by atoms with van der Waals surface area (Å²) in [4.78, 5) is 24.3. The predicted molar refractivity (Wildman–Crippen MR) is 147 cm³/mol. The van der Waals surface area contributed by atoms with Crippen molar-refractivity contribution in [3.8, 4) is 11.5 Å². The van der Waals surface area contributed by atoms with Crippen LogP contribution >= 0.6 is 11.6 Å². The molecule has 37 heavy (non-hydrogen) atoms. The first-order valence-corrected chi connectivity index (χ1v) is 12.2. The zero-order valence-corrected chi connectivity index (χ0v) is 21.7. The first-order chi connectivity index (χ1) is 17.9. The number of hydrogen-bond acceptors (Lipinski definition) is 5. The summed E-state index contributed by atoms with van der Waals surface area (Å²) in [5, 5.41) is 7.19. The monoisotopic (exact) mass is 519 g/mol. The van der Waals surface area contributed by atoms with E-state index in [1.165, 1.54) is 11.8 Å². The van der Waals surface area contributed by atoms with Gasteiger partial charge in [0.05, 0.1) is 12.8 Å². The van der Waals surface area contributed by atoms with Crippen LogP contribution in [0.5, 0.6) is 11.5 Å². The van der Waals surface area contributed by atoms with Crippen LogP contribution in [0.1, 0.15) is 35.6 Å². The smallest absolute Gasteiger partial charge is 0.249 e. The standard InChI is InChI=1S/C29H30ClN3O4/c1-4-6-23-15-22(16-26(36-5-2)29(23)37-19-21-9-7-20(3)8-10-21)18-31-33-28(35)17-27(34)32-25-13-11-24(30)12-14-25/h4,7-16,18H,1,5-6,17,19H2,2-3H3,(H,32,34)(H,33,35). The van der Waals surface area contributed by atoms with Gasteiger partial charge < -0.3 is 14.8 Å². The van der Waals surface area contributed by atoms with Gasteiger partial charge in [0.2, 0.25) is 11.8 Å². The molecule has 2 amide bonds. The third kappa shape index (κ3) is 8.81. The molecule has 0 bridgehead atoms. The Kier molecular flexibility index (Phi) is 10.3. The van der Waals surface area contributed by atoms with Gasteiger partial charge in [0, 0.05) is 16.3 Å². The lowest BCUT2D eigenvalue weighted by Crippen LogP contribution is -2.24. The molecule has 192 valence electrons. The molecule has 0 aromatic heterocycles. The third-order valence-corrected chi connectivity index (χ3v) is 5.43. The second-order valence-electron chi connectivity index (χ2n) is 8.23. The zero-order chi connectivity index (χ0) is 26.6. The quantitative estimate of drug-likeness (QED) is 0.136. The molecule has 0 heterocycles. The van der Waals surface area contributed by atoms with Crippen molar-refractivity contribution in [1.29, 1.82) is 0 Å². The van der Waals surface area contributed by atoms with E-state index in [4.69, 9.17) is 21.1 Å². The van der Waals surface area contributed by atoms with E-state index in [-0.39, 0.29) is 6.42 Å². The van der Waals surface area contributed by atoms with Crippen molar-refractivity contribution in [2.24, 2.45) is 5.10 Å². The second-order valence-corrected chi connectivity index (χ2v) is 8.67. The molecule has 0 saturated carbocycles. The Labute approximate surface area is 222 Å². The van der Waals surface area contributed by atoms with Crippen molar-refractivity contribution in [1.82, 2.24) is 5.43 Å². The molecule has 2 N–H and O–H groups in total. The molecule has 0 radical (unpaired) electrons. The van der Waals surface area contributed by atoms with Crippen LogP contribution in [0, 0.1) is 6.92 Å². The molecule has 3 aromatic rings. The Morgan fingerprint density at radius 1 is 1.03 bits per heavy atom. The molecule has 0 aliphatic heterocycles. The van der Waals surface area contributed by atoms with E-state index in [1.54, 1.807) is 36.4 Å². The van der Waals surface area contributed by atoms with Crippen LogP contribution in [0.2, 0.25) is 5.02 Å². The molecular formula is C29H30ClN3O4. The van der Waals surface area contributed by atoms with Crippen molar-refractivity contribution in [2.45, 2.75) is 33.3 Å². The van der Waals surface area contributed by atoms with Gasteiger partial charge in [-0.15, -0.1) is 6.58 Å². The lowest BCUT2D eigenvalue weighted by molar-refractivity contribution is -0.126. The number of ether oxygens (including phenoxy) is 2. The number of aryl methyl sites for hydroxylation is 1. The molecule has 8 heteroatoms. The second kappa shape index (κ2) is 13.8. The number of carbonyl (C=O) groups is 2. The molecule has 0 aliphatic carbocycles. The highest BCUT2D eigenvalue weighted by Crippen LogP contribution is 2.34. The van der Waals surface area contributed by atoms with Gasteiger partial charge >= 0.3 is 0 Å². The number of hydrazone groups is 1. The Morgan fingerprint density at radius 3 is 2.43 bits per heavy atom. The number of benzene rings is 3. The number of hydrogen-bond donors (Lipinski definition) is 2. The Hall–Kier alpha value is -4.10. The third-order valence-electron chi connectivity index (χ3n) is 5.17. The molecular weight excluding hydrogens is 490 g/mol. The lowest BCUT2D eigenvalue weighted by atomic mass is 10.1. The van der Waals surface area contributed by atoms with Crippen LogP contribution in [0.4, 0.5) is 5.69 Å². The number of nitrogens with zero attached hydrogens (tertiary/aromatic N) is 1. The van der Waals surface area contributed by atoms with Crippen LogP contribution in [0.25, 0.3) is 0 Å². The highest BCUT2D eigenvalue weighted by Gasteiger charge is 2.14. The maximum Gasteiger partial charge on any atom is 0.249 e. The van der Waals surface area contributed by atoms with E-state index in [2.05, 4.69) is 22.4 Å². The number of anilines is 1. The number of amides is 2. The molecule has 0 unspecified atom stereocenters. The van der Waals surface area contributed by atoms with E-state index in [1.807, 2.05) is 44.2 Å². The highest BCUT2D eigenvalue weighted by atomic mass is 35.5. The SMILES string of the molecule is C=CCc1cc(C=NNC(=O)CC(=O)Nc2ccc(Cl)cc2)cc(OCC)c1OCc1ccc(C)cc1. The fourth-order valence-electron chi connectivity index (χ4n) is 3.43. The summed E-state index contributed by atoms with van der Waals surface area (Å²) in [6.07, 6.45) is 3.46. The van der Waals surface area contributed by atoms with Crippen LogP contribution in [-0.4, -0.2) is 24.6 Å². The maximum absolute atomic E-state index is 12.2. The average molecular weight is 520 g/mol. The van der Waals surface area contributed by atoms with Gasteiger partial charge in [-0.05, 0) is 67.8 Å². The summed E-state index contributed by atoms with van der Waals surface area (Å²) < 4.78 is 12.0. The minimum Gasteiger partial charge on any atom is -0.490 e. The minimum absolute atomic E-state index is 0.377. The van der Waals surface area contributed by atoms with E-state index >= 15 is 0 Å². The van der Waals surface area contributed by atoms with Crippen LogP contribution < -0.4 is 20.2 Å². The molecule has 0 saturated heterocycles. The van der Waals surface area contributed by atoms with Gasteiger partial charge in [-0.1, -0.05) is 47.5 Å². The number of allylic oxidation sites excluding steroid dienone is 1. The van der Waals surface area contributed by atoms with Crippen molar-refractivity contribution < 1.29 is 19.1 Å². The summed E-state index contributed by atoms with van der Waals surface area (Å²) in [6, 6.07) is 18.5. The van der Waals surface area contributed by atoms with Crippen LogP contribution in [-0.2, 0) is 22.6 Å². The molecule has 3 rings (SSSR count). The topological polar surface area (TPSA) is 89.0 Å². The van der Waals surface area contributed by atoms with Gasteiger partial charge in [0.25, 0.3) is 0 Å². The van der Waals surface area contributed by atoms with Gasteiger partial charge in [0.1, 0.15) is 13.0 Å². The summed E-state index contributed by atoms with van der Waals surface area (Å²) in [6.45, 7) is 8.63. The van der Waals surface area contributed by atoms with Gasteiger partial charge in [-0.2, -0.15) is 5.10 Å². The van der Waals surface area contributed by atoms with E-state index in [0.29, 0.717) is 47.4 Å². The molecule has 7 nitrogen and oxygen atoms in total. The fourth-order valence-corrected chi connectivity index (χ4v) is 3.56. The zero-order valence-electron chi connectivity index (χ0n) is 20.9. The summed E-state index contributed by atoms with van der Waals surface area (Å²) in [5.41, 5.74) is 6.74. The predicted octanol–water partition coefficient (Wildman–Crippen LogP) is 5.83. The Balaban J connectivity index is 1.66. The lowest BCUT2D eigenvalue weighted by Gasteiger charge is -2.17. The molecule has 0 aliphatic rings. The van der Waals surface area contributed by atoms with Gasteiger partial charge in [0.15, 0.2) is 11.5 Å². The van der Waals surface area contributed by atoms with Crippen LogP contribution in [0.3, 0.4) is 0 Å². The normalized spacial score (nSPS) is 10.7. The van der Waals surface area contributed by atoms with E-state index < -0.39 is 11.8 Å². The van der Waals surface area contributed by atoms with Crippen molar-refractivity contribution >= 4 is 35.3 Å². The fraction of sp³-hybridized carbons (Fsp3) is 0.207. The highest BCUT2D eigenvalue weighted by molar-refractivity contribution is 6.30. The summed E-state index contributed by atoms with van der Waals surface area (Å²) >= 11 is 5.84. The van der Waals surface area contributed by atoms with Crippen molar-refractivity contribution in [3.05, 3.63) is 101 Å². The first-order valence-electron chi connectivity index (χ1n) is 11.8. The Bertz CT molecular complexity index is 1260. The van der Waals surface area contributed by atoms with Crippen molar-refractivity contribution in [3.63, 3.8) is 0 Å². The largest absolute Gasteiger partial charge is 0.490 e. The maximum atomic E-state index is 12.2. The van der Waals surface area contributed by atoms with Gasteiger partial charge in [-0.3, -0.25) is 9.59 Å². The average Bonchev–Trinajstić information content (AvgIpc) is 2.86. The molecule has 0 atom stereocenters. The first kappa shape index (κ1) is 27.5. The number of halogens is 1. The minimum atomic E-state index is -0.544. The van der Waals surface area contributed by atoms with E-state index in [9.17, 15) is 9.59 Å². The Morgan fingerprint density at radius 2 is 1.76 bits per heavy atom. The number of rotatable bonds is 12. The van der Waals surface area contributed by atoms with Crippen LogP contribution in [0.15, 0.2) is 78.4 Å². The summed E-state index contributed by atoms with van der Waals surface area (Å²) in [5.74, 6) is 0.209. The van der Waals surface area contributed by atoms with Crippen molar-refractivity contribution in [2.75, 3.05) is 11.9 Å². The molecule has 3 aromatic carbocycles. The number of nitrogens with one attached hydrogen (secondary N) is 2. The van der Waals surface area contributed by atoms with Gasteiger partial charge in [-0.25, -0.2) is 5.43 Å². The number of carbonyl (C=O) groups excluding carboxylic acids is 2. The summed E-state index contributed by atoms with van der Waals surface area (Å²) in [7, 11) is 0.